The Morgan fingerprint density at radius 3 is 2.49 bits per heavy atom. The molecule has 0 aromatic heterocycles. The Kier molecular flexibility index (Phi) is 8.35. The van der Waals surface area contributed by atoms with Crippen LogP contribution in [0.2, 0.25) is 0 Å². The Morgan fingerprint density at radius 2 is 1.81 bits per heavy atom. The summed E-state index contributed by atoms with van der Waals surface area (Å²) in [6.07, 6.45) is 6.31. The smallest absolute Gasteiger partial charge is 0.265 e. The summed E-state index contributed by atoms with van der Waals surface area (Å²) >= 11 is 5.08. The number of carbonyl (C=O) groups is 3. The van der Waals surface area contributed by atoms with Gasteiger partial charge in [0.15, 0.2) is 16.6 Å². The third kappa shape index (κ3) is 6.06. The standard InChI is InChI=1S/C28H29N3O5S/c1-3-13-31-27(34)22(25(32)29-28(31)37)16-20-9-12-23(24(17-20)35-2)36-18-19-7-10-21(11-8-19)26(33)30-14-5-4-6-15-30/h3,7-12,16-17H,1,4-6,13-15,18H2,2H3,(H,29,32,37)/b22-16-. The Bertz CT molecular complexity index is 1250. The van der Waals surface area contributed by atoms with Crippen molar-refractivity contribution in [2.24, 2.45) is 0 Å². The first kappa shape index (κ1) is 26.1. The zero-order chi connectivity index (χ0) is 26.4. The van der Waals surface area contributed by atoms with Crippen molar-refractivity contribution in [2.75, 3.05) is 26.7 Å². The van der Waals surface area contributed by atoms with Gasteiger partial charge in [0.25, 0.3) is 17.7 Å². The van der Waals surface area contributed by atoms with Crippen LogP contribution in [0.4, 0.5) is 0 Å². The van der Waals surface area contributed by atoms with Crippen molar-refractivity contribution in [2.45, 2.75) is 25.9 Å². The molecule has 9 heteroatoms. The molecule has 2 heterocycles. The predicted octanol–water partition coefficient (Wildman–Crippen LogP) is 3.71. The Labute approximate surface area is 221 Å². The van der Waals surface area contributed by atoms with Gasteiger partial charge < -0.3 is 14.4 Å². The summed E-state index contributed by atoms with van der Waals surface area (Å²) < 4.78 is 11.4. The molecule has 37 heavy (non-hydrogen) atoms. The number of carbonyl (C=O) groups excluding carboxylic acids is 3. The monoisotopic (exact) mass is 519 g/mol. The lowest BCUT2D eigenvalue weighted by atomic mass is 10.1. The first-order valence-electron chi connectivity index (χ1n) is 12.1. The van der Waals surface area contributed by atoms with Crippen LogP contribution in [0.1, 0.15) is 40.7 Å². The van der Waals surface area contributed by atoms with E-state index in [0.29, 0.717) is 22.6 Å². The van der Waals surface area contributed by atoms with Gasteiger partial charge in [0.05, 0.1) is 7.11 Å². The molecular formula is C28H29N3O5S. The molecule has 4 rings (SSSR count). The molecule has 1 N–H and O–H groups in total. The van der Waals surface area contributed by atoms with E-state index >= 15 is 0 Å². The van der Waals surface area contributed by atoms with Gasteiger partial charge >= 0.3 is 0 Å². The van der Waals surface area contributed by atoms with Crippen LogP contribution in [0.3, 0.4) is 0 Å². The Hall–Kier alpha value is -3.98. The van der Waals surface area contributed by atoms with Gasteiger partial charge in [-0.2, -0.15) is 0 Å². The van der Waals surface area contributed by atoms with Gasteiger partial charge in [-0.25, -0.2) is 0 Å². The molecule has 2 fully saturated rings. The summed E-state index contributed by atoms with van der Waals surface area (Å²) in [6, 6.07) is 12.6. The lowest BCUT2D eigenvalue weighted by Gasteiger charge is -2.27. The summed E-state index contributed by atoms with van der Waals surface area (Å²) in [7, 11) is 1.52. The van der Waals surface area contributed by atoms with Crippen LogP contribution in [-0.2, 0) is 16.2 Å². The highest BCUT2D eigenvalue weighted by molar-refractivity contribution is 7.80. The van der Waals surface area contributed by atoms with Gasteiger partial charge in [0.2, 0.25) is 0 Å². The van der Waals surface area contributed by atoms with Crippen LogP contribution in [0.15, 0.2) is 60.7 Å². The zero-order valence-corrected chi connectivity index (χ0v) is 21.5. The second kappa shape index (κ2) is 11.8. The maximum Gasteiger partial charge on any atom is 0.265 e. The lowest BCUT2D eigenvalue weighted by Crippen LogP contribution is -2.53. The highest BCUT2D eigenvalue weighted by atomic mass is 32.1. The Morgan fingerprint density at radius 1 is 1.08 bits per heavy atom. The molecule has 8 nitrogen and oxygen atoms in total. The molecule has 0 unspecified atom stereocenters. The number of methoxy groups -OCH3 is 1. The first-order chi connectivity index (χ1) is 17.9. The van der Waals surface area contributed by atoms with Gasteiger partial charge in [-0.05, 0) is 72.9 Å². The van der Waals surface area contributed by atoms with Crippen molar-refractivity contribution in [3.05, 3.63) is 77.4 Å². The summed E-state index contributed by atoms with van der Waals surface area (Å²) in [5.74, 6) is -0.0227. The van der Waals surface area contributed by atoms with Crippen LogP contribution in [-0.4, -0.2) is 59.4 Å². The molecule has 0 radical (unpaired) electrons. The average Bonchev–Trinajstić information content (AvgIpc) is 2.92. The molecule has 0 bridgehead atoms. The largest absolute Gasteiger partial charge is 0.493 e. The maximum atomic E-state index is 12.8. The first-order valence-corrected chi connectivity index (χ1v) is 12.5. The second-order valence-corrected chi connectivity index (χ2v) is 9.16. The highest BCUT2D eigenvalue weighted by Crippen LogP contribution is 2.30. The van der Waals surface area contributed by atoms with Crippen molar-refractivity contribution < 1.29 is 23.9 Å². The number of amides is 3. The van der Waals surface area contributed by atoms with Crippen molar-refractivity contribution in [3.8, 4) is 11.5 Å². The molecule has 2 aromatic carbocycles. The number of ether oxygens (including phenoxy) is 2. The number of nitrogens with zero attached hydrogens (tertiary/aromatic N) is 2. The normalized spacial score (nSPS) is 17.0. The SMILES string of the molecule is C=CCN1C(=O)/C(=C\c2ccc(OCc3ccc(C(=O)N4CCCCC4)cc3)c(OC)c2)C(=O)NC1=S. The van der Waals surface area contributed by atoms with Gasteiger partial charge in [-0.3, -0.25) is 24.6 Å². The Balaban J connectivity index is 1.44. The minimum absolute atomic E-state index is 0.0367. The molecule has 3 amide bonds. The number of piperidine rings is 1. The van der Waals surface area contributed by atoms with Crippen LogP contribution in [0, 0.1) is 0 Å². The van der Waals surface area contributed by atoms with Crippen molar-refractivity contribution in [3.63, 3.8) is 0 Å². The van der Waals surface area contributed by atoms with E-state index < -0.39 is 11.8 Å². The van der Waals surface area contributed by atoms with E-state index in [9.17, 15) is 14.4 Å². The van der Waals surface area contributed by atoms with Crippen molar-refractivity contribution in [1.82, 2.24) is 15.1 Å². The molecule has 2 aliphatic heterocycles. The number of hydrogen-bond acceptors (Lipinski definition) is 6. The van der Waals surface area contributed by atoms with E-state index in [1.165, 1.54) is 30.6 Å². The molecule has 2 aliphatic rings. The summed E-state index contributed by atoms with van der Waals surface area (Å²) in [5, 5.41) is 2.58. The fraction of sp³-hybridized carbons (Fsp3) is 0.286. The van der Waals surface area contributed by atoms with E-state index in [1.54, 1.807) is 18.2 Å². The minimum Gasteiger partial charge on any atom is -0.493 e. The fourth-order valence-corrected chi connectivity index (χ4v) is 4.48. The average molecular weight is 520 g/mol. The topological polar surface area (TPSA) is 88.2 Å². The quantitative estimate of drug-likeness (QED) is 0.248. The molecule has 0 saturated carbocycles. The lowest BCUT2D eigenvalue weighted by molar-refractivity contribution is -0.128. The fourth-order valence-electron chi connectivity index (χ4n) is 4.23. The summed E-state index contributed by atoms with van der Waals surface area (Å²) in [6.45, 7) is 5.73. The van der Waals surface area contributed by atoms with Crippen molar-refractivity contribution >= 4 is 41.1 Å². The van der Waals surface area contributed by atoms with Gasteiger partial charge in [-0.1, -0.05) is 24.3 Å². The highest BCUT2D eigenvalue weighted by Gasteiger charge is 2.32. The predicted molar refractivity (Wildman–Crippen MR) is 144 cm³/mol. The van der Waals surface area contributed by atoms with Crippen LogP contribution < -0.4 is 14.8 Å². The molecule has 0 spiro atoms. The summed E-state index contributed by atoms with van der Waals surface area (Å²) in [4.78, 5) is 41.0. The van der Waals surface area contributed by atoms with Gasteiger partial charge in [0, 0.05) is 25.2 Å². The number of rotatable bonds is 8. The third-order valence-corrected chi connectivity index (χ3v) is 6.56. The zero-order valence-electron chi connectivity index (χ0n) is 20.7. The van der Waals surface area contributed by atoms with Crippen LogP contribution >= 0.6 is 12.2 Å². The number of nitrogens with one attached hydrogen (secondary N) is 1. The van der Waals surface area contributed by atoms with Crippen LogP contribution in [0.25, 0.3) is 6.08 Å². The van der Waals surface area contributed by atoms with E-state index in [0.717, 1.165) is 31.5 Å². The molecule has 192 valence electrons. The van der Waals surface area contributed by atoms with E-state index in [4.69, 9.17) is 21.7 Å². The summed E-state index contributed by atoms with van der Waals surface area (Å²) in [5.41, 5.74) is 2.14. The number of likely N-dealkylation sites (tertiary alicyclic amines) is 1. The van der Waals surface area contributed by atoms with Crippen LogP contribution in [0.5, 0.6) is 11.5 Å². The van der Waals surface area contributed by atoms with Crippen molar-refractivity contribution in [1.29, 1.82) is 0 Å². The molecular weight excluding hydrogens is 490 g/mol. The third-order valence-electron chi connectivity index (χ3n) is 6.23. The molecule has 0 aliphatic carbocycles. The molecule has 0 atom stereocenters. The number of benzene rings is 2. The second-order valence-electron chi connectivity index (χ2n) is 8.77. The maximum absolute atomic E-state index is 12.8. The van der Waals surface area contributed by atoms with Gasteiger partial charge in [-0.15, -0.1) is 6.58 Å². The van der Waals surface area contributed by atoms with E-state index in [-0.39, 0.29) is 29.7 Å². The van der Waals surface area contributed by atoms with E-state index in [2.05, 4.69) is 11.9 Å². The minimum atomic E-state index is -0.558. The molecule has 2 aromatic rings. The van der Waals surface area contributed by atoms with Gasteiger partial charge in [0.1, 0.15) is 12.2 Å². The molecule has 2 saturated heterocycles. The van der Waals surface area contributed by atoms with E-state index in [1.807, 2.05) is 29.2 Å². The number of thiocarbonyl (C=S) groups is 1. The number of hydrogen-bond donors (Lipinski definition) is 1.